The molecule has 1 unspecified atom stereocenters. The minimum Gasteiger partial charge on any atom is -0.463 e. The molecular weight excluding hydrogens is 599 g/mol. The first-order valence-electron chi connectivity index (χ1n) is 15.2. The normalized spacial score (nSPS) is 17.2. The van der Waals surface area contributed by atoms with Crippen LogP contribution in [0.15, 0.2) is 109 Å². The molecule has 0 saturated heterocycles. The van der Waals surface area contributed by atoms with E-state index in [1.54, 1.807) is 4.57 Å². The standard InChI is InChI=1S/C37H33FN4O3S/c1-40(2)27-13-8-22(9-14-27)18-24-6-5-7-29-33(24)39-37-42(34(29)23-10-15-28(16-11-23)41(3)4)36(44)32(46-37)19-25-21-45-31-17-12-26(38)20-30(31)35(25)43/h8-21,34H,5-7H2,1-4H3/b24-18+,32-19+. The highest BCUT2D eigenvalue weighted by atomic mass is 32.1. The molecule has 0 N–H and O–H groups in total. The lowest BCUT2D eigenvalue weighted by molar-refractivity contribution is 0.553. The summed E-state index contributed by atoms with van der Waals surface area (Å²) in [5.74, 6) is -0.528. The Bertz CT molecular complexity index is 2290. The number of fused-ring (bicyclic) bond motifs is 2. The van der Waals surface area contributed by atoms with E-state index in [9.17, 15) is 14.0 Å². The molecule has 0 radical (unpaired) electrons. The van der Waals surface area contributed by atoms with E-state index in [0.717, 1.165) is 64.7 Å². The van der Waals surface area contributed by atoms with Crippen LogP contribution in [0.3, 0.4) is 0 Å². The third-order valence-corrected chi connectivity index (χ3v) is 9.64. The molecule has 0 spiro atoms. The second-order valence-corrected chi connectivity index (χ2v) is 13.1. The van der Waals surface area contributed by atoms with Gasteiger partial charge in [-0.05, 0) is 96.2 Å². The third kappa shape index (κ3) is 5.30. The monoisotopic (exact) mass is 632 g/mol. The van der Waals surface area contributed by atoms with E-state index < -0.39 is 11.2 Å². The first-order valence-corrected chi connectivity index (χ1v) is 16.0. The molecule has 3 heterocycles. The summed E-state index contributed by atoms with van der Waals surface area (Å²) in [5, 5.41) is 0.129. The van der Waals surface area contributed by atoms with Gasteiger partial charge in [-0.15, -0.1) is 0 Å². The molecular formula is C37H33FN4O3S. The van der Waals surface area contributed by atoms with E-state index in [-0.39, 0.29) is 28.1 Å². The molecule has 7 nitrogen and oxygen atoms in total. The number of allylic oxidation sites excluding steroid dienone is 2. The first-order chi connectivity index (χ1) is 22.2. The van der Waals surface area contributed by atoms with Crippen LogP contribution in [0.25, 0.3) is 23.1 Å². The van der Waals surface area contributed by atoms with Gasteiger partial charge in [-0.25, -0.2) is 9.38 Å². The topological polar surface area (TPSA) is 71.0 Å². The number of anilines is 2. The summed E-state index contributed by atoms with van der Waals surface area (Å²) in [7, 11) is 8.05. The zero-order valence-corrected chi connectivity index (χ0v) is 26.9. The van der Waals surface area contributed by atoms with Crippen molar-refractivity contribution in [2.24, 2.45) is 4.99 Å². The zero-order valence-electron chi connectivity index (χ0n) is 26.1. The Morgan fingerprint density at radius 3 is 2.30 bits per heavy atom. The lowest BCUT2D eigenvalue weighted by Crippen LogP contribution is -2.39. The van der Waals surface area contributed by atoms with Crippen LogP contribution in [0.1, 0.15) is 42.0 Å². The maximum atomic E-state index is 14.2. The number of nitrogens with zero attached hydrogens (tertiary/aromatic N) is 4. The molecule has 9 heteroatoms. The Labute approximate surface area is 269 Å². The Kier molecular flexibility index (Phi) is 7.56. The fourth-order valence-electron chi connectivity index (χ4n) is 6.24. The smallest absolute Gasteiger partial charge is 0.271 e. The quantitative estimate of drug-likeness (QED) is 0.243. The van der Waals surface area contributed by atoms with Gasteiger partial charge in [-0.3, -0.25) is 14.2 Å². The molecule has 1 aliphatic heterocycles. The van der Waals surface area contributed by atoms with Gasteiger partial charge in [-0.2, -0.15) is 0 Å². The number of hydrogen-bond donors (Lipinski definition) is 0. The molecule has 7 rings (SSSR count). The molecule has 0 saturated carbocycles. The summed E-state index contributed by atoms with van der Waals surface area (Å²) in [6.45, 7) is 0. The number of rotatable bonds is 5. The van der Waals surface area contributed by atoms with Crippen LogP contribution in [-0.4, -0.2) is 32.8 Å². The number of thiazole rings is 1. The van der Waals surface area contributed by atoms with Crippen molar-refractivity contribution in [3.63, 3.8) is 0 Å². The minimum absolute atomic E-state index is 0.129. The maximum Gasteiger partial charge on any atom is 0.271 e. The Hall–Kier alpha value is -5.02. The van der Waals surface area contributed by atoms with Gasteiger partial charge in [0.25, 0.3) is 5.56 Å². The second-order valence-electron chi connectivity index (χ2n) is 12.1. The van der Waals surface area contributed by atoms with Gasteiger partial charge < -0.3 is 14.2 Å². The van der Waals surface area contributed by atoms with Gasteiger partial charge in [0, 0.05) is 39.6 Å². The summed E-state index contributed by atoms with van der Waals surface area (Å²) in [6.07, 6.45) is 7.72. The molecule has 1 aliphatic carbocycles. The highest BCUT2D eigenvalue weighted by molar-refractivity contribution is 7.07. The van der Waals surface area contributed by atoms with Crippen molar-refractivity contribution >= 4 is 45.8 Å². The van der Waals surface area contributed by atoms with Crippen molar-refractivity contribution in [1.29, 1.82) is 0 Å². The number of hydrogen-bond acceptors (Lipinski definition) is 7. The summed E-state index contributed by atoms with van der Waals surface area (Å²) < 4.78 is 21.7. The Morgan fingerprint density at radius 1 is 0.913 bits per heavy atom. The van der Waals surface area contributed by atoms with Crippen LogP contribution in [0.5, 0.6) is 0 Å². The van der Waals surface area contributed by atoms with Gasteiger partial charge >= 0.3 is 0 Å². The van der Waals surface area contributed by atoms with Crippen LogP contribution in [0, 0.1) is 5.82 Å². The van der Waals surface area contributed by atoms with E-state index >= 15 is 0 Å². The molecule has 0 fully saturated rings. The van der Waals surface area contributed by atoms with E-state index in [4.69, 9.17) is 9.41 Å². The van der Waals surface area contributed by atoms with Crippen LogP contribution < -0.4 is 30.1 Å². The Balaban J connectivity index is 1.42. The van der Waals surface area contributed by atoms with E-state index in [1.807, 2.05) is 33.1 Å². The van der Waals surface area contributed by atoms with E-state index in [2.05, 4.69) is 59.5 Å². The average Bonchev–Trinajstić information content (AvgIpc) is 3.36. The molecule has 2 aliphatic rings. The lowest BCUT2D eigenvalue weighted by atomic mass is 9.83. The predicted octanol–water partition coefficient (Wildman–Crippen LogP) is 5.86. The molecule has 0 amide bonds. The van der Waals surface area contributed by atoms with Crippen molar-refractivity contribution in [2.45, 2.75) is 25.3 Å². The fraction of sp³-hybridized carbons (Fsp3) is 0.216. The average molecular weight is 633 g/mol. The summed E-state index contributed by atoms with van der Waals surface area (Å²) >= 11 is 1.25. The Morgan fingerprint density at radius 2 is 1.61 bits per heavy atom. The van der Waals surface area contributed by atoms with E-state index in [1.165, 1.54) is 35.8 Å². The lowest BCUT2D eigenvalue weighted by Gasteiger charge is -2.31. The van der Waals surface area contributed by atoms with Crippen LogP contribution in [-0.2, 0) is 0 Å². The van der Waals surface area contributed by atoms with Crippen molar-refractivity contribution in [3.05, 3.63) is 142 Å². The van der Waals surface area contributed by atoms with Crippen molar-refractivity contribution < 1.29 is 8.81 Å². The number of aromatic nitrogens is 1. The summed E-state index contributed by atoms with van der Waals surface area (Å²) in [6, 6.07) is 20.2. The zero-order chi connectivity index (χ0) is 32.1. The van der Waals surface area contributed by atoms with Gasteiger partial charge in [-0.1, -0.05) is 35.6 Å². The van der Waals surface area contributed by atoms with Gasteiger partial charge in [0.2, 0.25) is 0 Å². The molecule has 1 atom stereocenters. The van der Waals surface area contributed by atoms with E-state index in [0.29, 0.717) is 9.33 Å². The number of halogens is 1. The molecule has 5 aromatic rings. The van der Waals surface area contributed by atoms with Crippen molar-refractivity contribution in [3.8, 4) is 0 Å². The van der Waals surface area contributed by atoms with Gasteiger partial charge in [0.05, 0.1) is 27.2 Å². The van der Waals surface area contributed by atoms with Crippen molar-refractivity contribution in [1.82, 2.24) is 4.57 Å². The van der Waals surface area contributed by atoms with Crippen LogP contribution in [0.2, 0.25) is 0 Å². The molecule has 232 valence electrons. The second kappa shape index (κ2) is 11.7. The maximum absolute atomic E-state index is 14.2. The van der Waals surface area contributed by atoms with Crippen LogP contribution >= 0.6 is 11.3 Å². The van der Waals surface area contributed by atoms with Gasteiger partial charge in [0.1, 0.15) is 17.7 Å². The fourth-order valence-corrected chi connectivity index (χ4v) is 7.23. The van der Waals surface area contributed by atoms with Crippen molar-refractivity contribution in [2.75, 3.05) is 38.0 Å². The van der Waals surface area contributed by atoms with Gasteiger partial charge in [0.15, 0.2) is 10.2 Å². The molecule has 46 heavy (non-hydrogen) atoms. The highest BCUT2D eigenvalue weighted by Crippen LogP contribution is 2.41. The first kappa shape index (κ1) is 29.7. The number of benzene rings is 3. The molecule has 2 aromatic heterocycles. The predicted molar refractivity (Wildman–Crippen MR) is 184 cm³/mol. The summed E-state index contributed by atoms with van der Waals surface area (Å²) in [4.78, 5) is 37.3. The SMILES string of the molecule is CN(C)c1ccc(/C=C2\CCCC3=C2N=c2s/c(=C/c4coc5ccc(F)cc5c4=O)c(=O)n2C3c2ccc(N(C)C)cc2)cc1. The summed E-state index contributed by atoms with van der Waals surface area (Å²) in [5.41, 5.74) is 7.31. The molecule has 3 aromatic carbocycles. The molecule has 0 bridgehead atoms. The minimum atomic E-state index is -0.528. The third-order valence-electron chi connectivity index (χ3n) is 8.66. The van der Waals surface area contributed by atoms with Crippen LogP contribution in [0.4, 0.5) is 15.8 Å². The largest absolute Gasteiger partial charge is 0.463 e. The highest BCUT2D eigenvalue weighted by Gasteiger charge is 2.32.